The number of hydrogen-bond acceptors (Lipinski definition) is 1. The van der Waals surface area contributed by atoms with Crippen LogP contribution < -0.4 is 4.90 Å². The molecule has 0 atom stereocenters. The Morgan fingerprint density at radius 1 is 0.632 bits per heavy atom. The fourth-order valence-electron chi connectivity index (χ4n) is 2.17. The van der Waals surface area contributed by atoms with Gasteiger partial charge in [0.15, 0.2) is 0 Å². The largest absolute Gasteiger partial charge is 0.317 e. The molecule has 1 aliphatic rings. The normalized spacial score (nSPS) is 14.1. The molecule has 3 rings (SSSR count). The second-order valence-corrected chi connectivity index (χ2v) is 4.35. The van der Waals surface area contributed by atoms with Crippen molar-refractivity contribution in [1.29, 1.82) is 0 Å². The van der Waals surface area contributed by atoms with E-state index in [1.165, 1.54) is 11.3 Å². The van der Waals surface area contributed by atoms with Gasteiger partial charge >= 0.3 is 0 Å². The number of anilines is 1. The molecular weight excluding hydrogens is 230 g/mol. The van der Waals surface area contributed by atoms with Crippen LogP contribution in [0, 0.1) is 0 Å². The van der Waals surface area contributed by atoms with Crippen LogP contribution >= 0.6 is 0 Å². The van der Waals surface area contributed by atoms with Crippen LogP contribution in [-0.2, 0) is 0 Å². The summed E-state index contributed by atoms with van der Waals surface area (Å²) in [5.41, 5.74) is 3.55. The minimum absolute atomic E-state index is 1.16. The summed E-state index contributed by atoms with van der Waals surface area (Å²) >= 11 is 0. The third-order valence-corrected chi connectivity index (χ3v) is 3.07. The molecule has 0 aliphatic carbocycles. The molecule has 0 spiro atoms. The quantitative estimate of drug-likeness (QED) is 0.746. The van der Waals surface area contributed by atoms with E-state index >= 15 is 0 Å². The number of hydrogen-bond donors (Lipinski definition) is 0. The molecule has 0 radical (unpaired) electrons. The molecule has 0 unspecified atom stereocenters. The number of rotatable bonds is 2. The zero-order valence-corrected chi connectivity index (χ0v) is 10.6. The zero-order chi connectivity index (χ0) is 12.9. The van der Waals surface area contributed by atoms with Crippen molar-refractivity contribution in [3.63, 3.8) is 0 Å². The second kappa shape index (κ2) is 5.40. The highest BCUT2D eigenvalue weighted by molar-refractivity contribution is 5.82. The Labute approximate surface area is 113 Å². The lowest BCUT2D eigenvalue weighted by Gasteiger charge is -2.23. The fraction of sp³-hybridized carbons (Fsp3) is 0. The highest BCUT2D eigenvalue weighted by Gasteiger charge is 2.11. The summed E-state index contributed by atoms with van der Waals surface area (Å²) < 4.78 is 0. The summed E-state index contributed by atoms with van der Waals surface area (Å²) in [6, 6.07) is 20.8. The van der Waals surface area contributed by atoms with Crippen LogP contribution in [0.25, 0.3) is 5.70 Å². The Kier molecular flexibility index (Phi) is 3.28. The van der Waals surface area contributed by atoms with Gasteiger partial charge in [0.1, 0.15) is 0 Å². The lowest BCUT2D eigenvalue weighted by Crippen LogP contribution is -2.13. The molecule has 1 heteroatoms. The van der Waals surface area contributed by atoms with Gasteiger partial charge in [0.2, 0.25) is 0 Å². The zero-order valence-electron chi connectivity index (χ0n) is 10.6. The molecule has 19 heavy (non-hydrogen) atoms. The monoisotopic (exact) mass is 245 g/mol. The topological polar surface area (TPSA) is 3.24 Å². The molecule has 1 aliphatic heterocycles. The predicted molar refractivity (Wildman–Crippen MR) is 81.6 cm³/mol. The van der Waals surface area contributed by atoms with Crippen LogP contribution in [0.2, 0.25) is 0 Å². The maximum Gasteiger partial charge on any atom is 0.0527 e. The lowest BCUT2D eigenvalue weighted by molar-refractivity contribution is 1.29. The molecule has 0 fully saturated rings. The fourth-order valence-corrected chi connectivity index (χ4v) is 2.17. The summed E-state index contributed by atoms with van der Waals surface area (Å²) in [4.78, 5) is 2.20. The molecule has 2 aromatic carbocycles. The standard InChI is InChI=1S/C18H15N/c1-4-10-16(11-5-1)18-14-8-3-9-15-19(18)17-12-6-2-7-13-17/h1-15H. The summed E-state index contributed by atoms with van der Waals surface area (Å²) in [5, 5.41) is 0. The van der Waals surface area contributed by atoms with Crippen LogP contribution in [0.4, 0.5) is 5.69 Å². The molecule has 0 amide bonds. The van der Waals surface area contributed by atoms with E-state index in [9.17, 15) is 0 Å². The van der Waals surface area contributed by atoms with Crippen LogP contribution in [0.5, 0.6) is 0 Å². The van der Waals surface area contributed by atoms with Gasteiger partial charge in [0, 0.05) is 11.9 Å². The first kappa shape index (κ1) is 11.5. The Bertz CT molecular complexity index is 621. The smallest absolute Gasteiger partial charge is 0.0527 e. The summed E-state index contributed by atoms with van der Waals surface area (Å²) in [7, 11) is 0. The summed E-state index contributed by atoms with van der Waals surface area (Å²) in [6.45, 7) is 0. The molecule has 0 saturated heterocycles. The van der Waals surface area contributed by atoms with E-state index in [1.54, 1.807) is 0 Å². The Morgan fingerprint density at radius 2 is 1.32 bits per heavy atom. The highest BCUT2D eigenvalue weighted by atomic mass is 15.1. The summed E-state index contributed by atoms with van der Waals surface area (Å²) in [6.07, 6.45) is 10.4. The average Bonchev–Trinajstić information content (AvgIpc) is 2.75. The average molecular weight is 245 g/mol. The minimum Gasteiger partial charge on any atom is -0.317 e. The van der Waals surface area contributed by atoms with Crippen molar-refractivity contribution in [2.24, 2.45) is 0 Å². The van der Waals surface area contributed by atoms with Gasteiger partial charge in [-0.1, -0.05) is 60.7 Å². The molecule has 0 N–H and O–H groups in total. The Balaban J connectivity index is 2.07. The van der Waals surface area contributed by atoms with Gasteiger partial charge < -0.3 is 4.90 Å². The number of benzene rings is 2. The predicted octanol–water partition coefficient (Wildman–Crippen LogP) is 4.62. The van der Waals surface area contributed by atoms with Gasteiger partial charge in [-0.15, -0.1) is 0 Å². The van der Waals surface area contributed by atoms with Crippen LogP contribution in [0.15, 0.2) is 91.2 Å². The van der Waals surface area contributed by atoms with Gasteiger partial charge in [-0.05, 0) is 29.8 Å². The number of nitrogens with zero attached hydrogens (tertiary/aromatic N) is 1. The first-order valence-electron chi connectivity index (χ1n) is 6.40. The maximum atomic E-state index is 2.20. The maximum absolute atomic E-state index is 2.20. The van der Waals surface area contributed by atoms with E-state index in [4.69, 9.17) is 0 Å². The number of para-hydroxylation sites is 1. The van der Waals surface area contributed by atoms with Crippen molar-refractivity contribution in [3.8, 4) is 0 Å². The van der Waals surface area contributed by atoms with Crippen molar-refractivity contribution in [3.05, 3.63) is 96.7 Å². The van der Waals surface area contributed by atoms with Gasteiger partial charge in [0.25, 0.3) is 0 Å². The SMILES string of the molecule is C1=CC=C(c2ccccc2)N(c2ccccc2)C=C1. The molecule has 1 nitrogen and oxygen atoms in total. The third kappa shape index (κ3) is 2.50. The Morgan fingerprint density at radius 3 is 2.05 bits per heavy atom. The van der Waals surface area contributed by atoms with Crippen molar-refractivity contribution in [2.45, 2.75) is 0 Å². The van der Waals surface area contributed by atoms with Crippen LogP contribution in [0.1, 0.15) is 5.56 Å². The highest BCUT2D eigenvalue weighted by Crippen LogP contribution is 2.27. The minimum atomic E-state index is 1.16. The van der Waals surface area contributed by atoms with E-state index in [1.807, 2.05) is 18.2 Å². The van der Waals surface area contributed by atoms with Crippen molar-refractivity contribution >= 4 is 11.4 Å². The first-order valence-corrected chi connectivity index (χ1v) is 6.40. The van der Waals surface area contributed by atoms with Crippen molar-refractivity contribution < 1.29 is 0 Å². The van der Waals surface area contributed by atoms with Gasteiger partial charge in [-0.25, -0.2) is 0 Å². The first-order chi connectivity index (χ1) is 9.45. The van der Waals surface area contributed by atoms with Crippen molar-refractivity contribution in [1.82, 2.24) is 0 Å². The van der Waals surface area contributed by atoms with E-state index in [2.05, 4.69) is 77.9 Å². The Hall–Kier alpha value is -2.54. The lowest BCUT2D eigenvalue weighted by atomic mass is 10.1. The summed E-state index contributed by atoms with van der Waals surface area (Å²) in [5.74, 6) is 0. The van der Waals surface area contributed by atoms with Gasteiger partial charge in [-0.2, -0.15) is 0 Å². The van der Waals surface area contributed by atoms with E-state index < -0.39 is 0 Å². The molecule has 92 valence electrons. The van der Waals surface area contributed by atoms with Gasteiger partial charge in [0.05, 0.1) is 5.70 Å². The van der Waals surface area contributed by atoms with Crippen LogP contribution in [-0.4, -0.2) is 0 Å². The van der Waals surface area contributed by atoms with E-state index in [0.717, 1.165) is 5.69 Å². The molecule has 0 aromatic heterocycles. The number of allylic oxidation sites excluding steroid dienone is 4. The van der Waals surface area contributed by atoms with Gasteiger partial charge in [-0.3, -0.25) is 0 Å². The third-order valence-electron chi connectivity index (χ3n) is 3.07. The van der Waals surface area contributed by atoms with E-state index in [0.29, 0.717) is 0 Å². The molecule has 2 aromatic rings. The molecule has 0 bridgehead atoms. The van der Waals surface area contributed by atoms with Crippen LogP contribution in [0.3, 0.4) is 0 Å². The molecule has 0 saturated carbocycles. The van der Waals surface area contributed by atoms with E-state index in [-0.39, 0.29) is 0 Å². The second-order valence-electron chi connectivity index (χ2n) is 4.35. The molecule has 1 heterocycles. The molecular formula is C18H15N. The van der Waals surface area contributed by atoms with Crippen molar-refractivity contribution in [2.75, 3.05) is 4.90 Å².